The molecule has 0 spiro atoms. The molecule has 0 saturated carbocycles. The summed E-state index contributed by atoms with van der Waals surface area (Å²) in [7, 11) is 1.66. The molecule has 2 N–H and O–H groups in total. The van der Waals surface area contributed by atoms with Gasteiger partial charge in [-0.3, -0.25) is 19.2 Å². The van der Waals surface area contributed by atoms with Crippen LogP contribution in [0.3, 0.4) is 0 Å². The number of benzene rings is 2. The molecule has 200 valence electrons. The largest absolute Gasteiger partial charge is 0.350 e. The van der Waals surface area contributed by atoms with Gasteiger partial charge in [0.15, 0.2) is 0 Å². The maximum atomic E-state index is 13.6. The highest BCUT2D eigenvalue weighted by Gasteiger charge is 2.38. The Labute approximate surface area is 224 Å². The summed E-state index contributed by atoms with van der Waals surface area (Å²) in [5, 5.41) is 5.62. The number of fused-ring (bicyclic) bond motifs is 3. The lowest BCUT2D eigenvalue weighted by atomic mass is 9.99. The van der Waals surface area contributed by atoms with Crippen LogP contribution in [-0.2, 0) is 19.2 Å². The first-order valence-electron chi connectivity index (χ1n) is 13.1. The van der Waals surface area contributed by atoms with E-state index < -0.39 is 6.04 Å². The number of nitrogens with one attached hydrogen (secondary N) is 2. The first-order valence-corrected chi connectivity index (χ1v) is 13.1. The summed E-state index contributed by atoms with van der Waals surface area (Å²) < 4.78 is 0. The average molecular weight is 517 g/mol. The van der Waals surface area contributed by atoms with Crippen LogP contribution in [0.5, 0.6) is 0 Å². The Balaban J connectivity index is 1.50. The molecule has 2 aromatic rings. The van der Waals surface area contributed by atoms with E-state index in [0.29, 0.717) is 24.9 Å². The molecule has 0 unspecified atom stereocenters. The highest BCUT2D eigenvalue weighted by molar-refractivity contribution is 5.97. The normalized spacial score (nSPS) is 17.6. The number of likely N-dealkylation sites (N-methyl/N-ethyl adjacent to an activating group) is 1. The number of hydrogen-bond acceptors (Lipinski definition) is 4. The highest BCUT2D eigenvalue weighted by atomic mass is 16.2. The van der Waals surface area contributed by atoms with Crippen molar-refractivity contribution in [2.24, 2.45) is 5.92 Å². The first kappa shape index (κ1) is 27.1. The summed E-state index contributed by atoms with van der Waals surface area (Å²) >= 11 is 0. The van der Waals surface area contributed by atoms with Gasteiger partial charge in [0, 0.05) is 19.2 Å². The Bertz CT molecular complexity index is 1210. The van der Waals surface area contributed by atoms with Crippen LogP contribution in [0.2, 0.25) is 0 Å². The quantitative estimate of drug-likeness (QED) is 0.395. The molecule has 2 aliphatic rings. The van der Waals surface area contributed by atoms with E-state index in [1.54, 1.807) is 29.8 Å². The second kappa shape index (κ2) is 11.6. The minimum absolute atomic E-state index is 0.0445. The van der Waals surface area contributed by atoms with Gasteiger partial charge in [0.05, 0.1) is 18.6 Å². The average Bonchev–Trinajstić information content (AvgIpc) is 3.53. The maximum Gasteiger partial charge on any atom is 0.249 e. The van der Waals surface area contributed by atoms with Crippen molar-refractivity contribution in [3.63, 3.8) is 0 Å². The van der Waals surface area contributed by atoms with Crippen molar-refractivity contribution < 1.29 is 19.2 Å². The zero-order chi connectivity index (χ0) is 27.4. The Kier molecular flexibility index (Phi) is 8.29. The molecule has 1 aliphatic heterocycles. The minimum Gasteiger partial charge on any atom is -0.350 e. The first-order chi connectivity index (χ1) is 18.2. The molecule has 2 aromatic carbocycles. The van der Waals surface area contributed by atoms with Crippen molar-refractivity contribution in [2.45, 2.75) is 51.7 Å². The van der Waals surface area contributed by atoms with Gasteiger partial charge in [-0.05, 0) is 47.9 Å². The second-order valence-corrected chi connectivity index (χ2v) is 10.4. The van der Waals surface area contributed by atoms with E-state index in [4.69, 9.17) is 0 Å². The monoisotopic (exact) mass is 516 g/mol. The van der Waals surface area contributed by atoms with Crippen molar-refractivity contribution in [3.05, 3.63) is 71.3 Å². The fraction of sp³-hybridized carbons (Fsp3) is 0.400. The highest BCUT2D eigenvalue weighted by Crippen LogP contribution is 2.43. The Hall–Kier alpha value is -3.94. The number of carbonyl (C=O) groups is 4. The number of likely N-dealkylation sites (tertiary alicyclic amines) is 1. The molecule has 1 saturated heterocycles. The molecule has 0 bridgehead atoms. The molecule has 1 heterocycles. The molecule has 1 aliphatic carbocycles. The predicted molar refractivity (Wildman–Crippen MR) is 146 cm³/mol. The third kappa shape index (κ3) is 5.35. The lowest BCUT2D eigenvalue weighted by molar-refractivity contribution is -0.136. The van der Waals surface area contributed by atoms with E-state index in [9.17, 15) is 19.2 Å². The Morgan fingerprint density at radius 2 is 1.66 bits per heavy atom. The van der Waals surface area contributed by atoms with Gasteiger partial charge >= 0.3 is 0 Å². The van der Waals surface area contributed by atoms with Gasteiger partial charge in [0.1, 0.15) is 6.04 Å². The van der Waals surface area contributed by atoms with Gasteiger partial charge < -0.3 is 20.4 Å². The van der Waals surface area contributed by atoms with Crippen LogP contribution >= 0.6 is 0 Å². The number of hydrogen-bond donors (Lipinski definition) is 2. The molecule has 2 atom stereocenters. The summed E-state index contributed by atoms with van der Waals surface area (Å²) in [4.78, 5) is 53.4. The van der Waals surface area contributed by atoms with Gasteiger partial charge in [-0.1, -0.05) is 68.5 Å². The van der Waals surface area contributed by atoms with Gasteiger partial charge in [0.2, 0.25) is 24.1 Å². The third-order valence-electron chi connectivity index (χ3n) is 7.56. The zero-order valence-corrected chi connectivity index (χ0v) is 22.4. The van der Waals surface area contributed by atoms with E-state index in [2.05, 4.69) is 22.8 Å². The molecule has 38 heavy (non-hydrogen) atoms. The number of amides is 4. The van der Waals surface area contributed by atoms with Crippen LogP contribution in [0.15, 0.2) is 60.2 Å². The lowest BCUT2D eigenvalue weighted by Crippen LogP contribution is -2.47. The van der Waals surface area contributed by atoms with Crippen molar-refractivity contribution in [1.29, 1.82) is 0 Å². The van der Waals surface area contributed by atoms with Crippen LogP contribution in [0.25, 0.3) is 11.1 Å². The summed E-state index contributed by atoms with van der Waals surface area (Å²) in [6.07, 6.45) is 3.63. The maximum absolute atomic E-state index is 13.6. The SMILES string of the molecule is CC(=C[C@H](C(C)C)N(C)C(=O)CNC=O)C(=O)N1CCC[C@H]1C(=O)NC1c2ccccc2-c2ccccc21. The van der Waals surface area contributed by atoms with Crippen molar-refractivity contribution in [1.82, 2.24) is 20.4 Å². The van der Waals surface area contributed by atoms with Crippen LogP contribution in [-0.4, -0.2) is 66.2 Å². The van der Waals surface area contributed by atoms with E-state index in [1.807, 2.05) is 50.2 Å². The summed E-state index contributed by atoms with van der Waals surface area (Å²) in [6.45, 7) is 6.07. The fourth-order valence-electron chi connectivity index (χ4n) is 5.56. The Morgan fingerprint density at radius 1 is 1.05 bits per heavy atom. The predicted octanol–water partition coefficient (Wildman–Crippen LogP) is 3.04. The van der Waals surface area contributed by atoms with Crippen LogP contribution < -0.4 is 10.6 Å². The molecule has 4 rings (SSSR count). The number of nitrogens with zero attached hydrogens (tertiary/aromatic N) is 2. The van der Waals surface area contributed by atoms with Crippen molar-refractivity contribution in [3.8, 4) is 11.1 Å². The topological polar surface area (TPSA) is 98.8 Å². The molecule has 4 amide bonds. The molecule has 1 fully saturated rings. The number of carbonyl (C=O) groups excluding carboxylic acids is 4. The molecular weight excluding hydrogens is 480 g/mol. The third-order valence-corrected chi connectivity index (χ3v) is 7.56. The van der Waals surface area contributed by atoms with E-state index in [0.717, 1.165) is 28.7 Å². The Morgan fingerprint density at radius 3 is 2.24 bits per heavy atom. The summed E-state index contributed by atoms with van der Waals surface area (Å²) in [6, 6.07) is 15.0. The van der Waals surface area contributed by atoms with E-state index in [-0.39, 0.29) is 42.3 Å². The molecule has 8 nitrogen and oxygen atoms in total. The molecular formula is C30H36N4O4. The minimum atomic E-state index is -0.556. The molecule has 8 heteroatoms. The molecule has 0 aromatic heterocycles. The van der Waals surface area contributed by atoms with Crippen molar-refractivity contribution >= 4 is 24.1 Å². The second-order valence-electron chi connectivity index (χ2n) is 10.4. The summed E-state index contributed by atoms with van der Waals surface area (Å²) in [5.74, 6) is -0.564. The van der Waals surface area contributed by atoms with E-state index in [1.165, 1.54) is 0 Å². The van der Waals surface area contributed by atoms with Gasteiger partial charge in [-0.2, -0.15) is 0 Å². The fourth-order valence-corrected chi connectivity index (χ4v) is 5.56. The lowest BCUT2D eigenvalue weighted by Gasteiger charge is -2.30. The van der Waals surface area contributed by atoms with Crippen molar-refractivity contribution in [2.75, 3.05) is 20.1 Å². The van der Waals surface area contributed by atoms with Gasteiger partial charge in [-0.15, -0.1) is 0 Å². The number of rotatable bonds is 9. The van der Waals surface area contributed by atoms with E-state index >= 15 is 0 Å². The smallest absolute Gasteiger partial charge is 0.249 e. The van der Waals surface area contributed by atoms with Crippen LogP contribution in [0, 0.1) is 5.92 Å². The van der Waals surface area contributed by atoms with Gasteiger partial charge in [-0.25, -0.2) is 0 Å². The zero-order valence-electron chi connectivity index (χ0n) is 22.4. The van der Waals surface area contributed by atoms with Crippen LogP contribution in [0.4, 0.5) is 0 Å². The standard InChI is InChI=1S/C30H36N4O4/c1-19(2)26(33(4)27(36)17-31-18-35)16-20(3)30(38)34-15-9-14-25(34)29(37)32-28-23-12-7-5-10-21(23)22-11-6-8-13-24(22)28/h5-8,10-13,16,18-19,25-26,28H,9,14-15,17H2,1-4H3,(H,31,35)(H,32,37)/t25-,26+/m0/s1. The summed E-state index contributed by atoms with van der Waals surface area (Å²) in [5.41, 5.74) is 4.85. The van der Waals surface area contributed by atoms with Crippen LogP contribution in [0.1, 0.15) is 50.8 Å². The van der Waals surface area contributed by atoms with Gasteiger partial charge in [0.25, 0.3) is 0 Å². The molecule has 0 radical (unpaired) electrons.